The number of carboxylic acids is 1. The van der Waals surface area contributed by atoms with Gasteiger partial charge in [-0.15, -0.1) is 0 Å². The van der Waals surface area contributed by atoms with Crippen molar-refractivity contribution in [3.05, 3.63) is 17.5 Å². The molecular formula is C16H25N3O3. The molecule has 0 aliphatic heterocycles. The molecule has 0 unspecified atom stereocenters. The fourth-order valence-electron chi connectivity index (χ4n) is 2.64. The Hall–Kier alpha value is -1.85. The molecule has 22 heavy (non-hydrogen) atoms. The molecule has 0 saturated heterocycles. The van der Waals surface area contributed by atoms with E-state index in [4.69, 9.17) is 5.11 Å². The van der Waals surface area contributed by atoms with Gasteiger partial charge in [-0.3, -0.25) is 14.3 Å². The van der Waals surface area contributed by atoms with Crippen molar-refractivity contribution in [2.75, 3.05) is 13.1 Å². The quantitative estimate of drug-likeness (QED) is 0.800. The molecule has 1 aromatic heterocycles. The number of aromatic nitrogens is 2. The monoisotopic (exact) mass is 307 g/mol. The van der Waals surface area contributed by atoms with Gasteiger partial charge in [0.05, 0.1) is 23.9 Å². The lowest BCUT2D eigenvalue weighted by atomic mass is 10.1. The van der Waals surface area contributed by atoms with Gasteiger partial charge in [0.25, 0.3) is 5.91 Å². The van der Waals surface area contributed by atoms with Crippen LogP contribution in [-0.2, 0) is 11.3 Å². The van der Waals surface area contributed by atoms with Gasteiger partial charge in [0.15, 0.2) is 0 Å². The fraction of sp³-hybridized carbons (Fsp3) is 0.688. The summed E-state index contributed by atoms with van der Waals surface area (Å²) in [6.07, 6.45) is 3.83. The van der Waals surface area contributed by atoms with Gasteiger partial charge in [0.2, 0.25) is 0 Å². The third-order valence-electron chi connectivity index (χ3n) is 3.88. The number of nitrogens with zero attached hydrogens (tertiary/aromatic N) is 3. The van der Waals surface area contributed by atoms with Gasteiger partial charge in [-0.1, -0.05) is 13.8 Å². The minimum Gasteiger partial charge on any atom is -0.481 e. The van der Waals surface area contributed by atoms with Crippen molar-refractivity contribution >= 4 is 11.9 Å². The molecule has 0 bridgehead atoms. The average Bonchev–Trinajstić information content (AvgIpc) is 3.20. The second kappa shape index (κ2) is 6.94. The molecule has 1 N–H and O–H groups in total. The Labute approximate surface area is 131 Å². The Morgan fingerprint density at radius 2 is 2.14 bits per heavy atom. The highest BCUT2D eigenvalue weighted by atomic mass is 16.4. The lowest BCUT2D eigenvalue weighted by molar-refractivity contribution is -0.137. The first kappa shape index (κ1) is 16.5. The maximum Gasteiger partial charge on any atom is 0.305 e. The predicted molar refractivity (Wildman–Crippen MR) is 82.9 cm³/mol. The number of carbonyl (C=O) groups excluding carboxylic acids is 1. The van der Waals surface area contributed by atoms with E-state index in [1.165, 1.54) is 0 Å². The summed E-state index contributed by atoms with van der Waals surface area (Å²) in [7, 11) is 0. The van der Waals surface area contributed by atoms with E-state index in [2.05, 4.69) is 18.9 Å². The van der Waals surface area contributed by atoms with E-state index in [9.17, 15) is 9.59 Å². The summed E-state index contributed by atoms with van der Waals surface area (Å²) in [5.74, 6) is -0.0853. The Morgan fingerprint density at radius 1 is 1.45 bits per heavy atom. The van der Waals surface area contributed by atoms with Crippen LogP contribution in [0.1, 0.15) is 62.0 Å². The Bertz CT molecular complexity index is 547. The van der Waals surface area contributed by atoms with Crippen LogP contribution in [0.15, 0.2) is 6.20 Å². The van der Waals surface area contributed by atoms with Crippen molar-refractivity contribution in [1.82, 2.24) is 14.7 Å². The van der Waals surface area contributed by atoms with Crippen LogP contribution in [0.5, 0.6) is 0 Å². The molecule has 6 nitrogen and oxygen atoms in total. The fourth-order valence-corrected chi connectivity index (χ4v) is 2.64. The van der Waals surface area contributed by atoms with E-state index < -0.39 is 5.97 Å². The number of hydrogen-bond acceptors (Lipinski definition) is 3. The lowest BCUT2D eigenvalue weighted by Gasteiger charge is -2.20. The van der Waals surface area contributed by atoms with Crippen LogP contribution in [-0.4, -0.2) is 44.8 Å². The van der Waals surface area contributed by atoms with Crippen LogP contribution in [0.25, 0.3) is 0 Å². The van der Waals surface area contributed by atoms with E-state index in [0.717, 1.165) is 25.1 Å². The number of carbonyl (C=O) groups is 2. The van der Waals surface area contributed by atoms with Crippen molar-refractivity contribution in [2.45, 2.75) is 52.5 Å². The maximum atomic E-state index is 12.7. The summed E-state index contributed by atoms with van der Waals surface area (Å²) in [6, 6.07) is 0. The van der Waals surface area contributed by atoms with Gasteiger partial charge in [-0.25, -0.2) is 0 Å². The minimum atomic E-state index is -0.885. The first-order chi connectivity index (χ1) is 10.4. The highest BCUT2D eigenvalue weighted by Gasteiger charge is 2.33. The van der Waals surface area contributed by atoms with E-state index in [-0.39, 0.29) is 18.9 Å². The maximum absolute atomic E-state index is 12.7. The summed E-state index contributed by atoms with van der Waals surface area (Å²) in [5.41, 5.74) is 1.68. The lowest BCUT2D eigenvalue weighted by Crippen LogP contribution is -2.33. The predicted octanol–water partition coefficient (Wildman–Crippen LogP) is 2.35. The summed E-state index contributed by atoms with van der Waals surface area (Å²) in [4.78, 5) is 25.0. The molecule has 0 aromatic carbocycles. The largest absolute Gasteiger partial charge is 0.481 e. The van der Waals surface area contributed by atoms with Crippen molar-refractivity contribution < 1.29 is 14.7 Å². The first-order valence-corrected chi connectivity index (χ1v) is 8.00. The SMILES string of the molecule is CCN(CCC(=O)O)C(=O)c1cnn(CC(C)C)c1C1CC1. The average molecular weight is 307 g/mol. The molecule has 0 spiro atoms. The Kier molecular flexibility index (Phi) is 5.21. The van der Waals surface area contributed by atoms with E-state index >= 15 is 0 Å². The Morgan fingerprint density at radius 3 is 2.64 bits per heavy atom. The van der Waals surface area contributed by atoms with Crippen LogP contribution in [0.3, 0.4) is 0 Å². The zero-order valence-electron chi connectivity index (χ0n) is 13.6. The van der Waals surface area contributed by atoms with E-state index in [0.29, 0.717) is 23.9 Å². The molecule has 1 heterocycles. The molecule has 2 rings (SSSR count). The van der Waals surface area contributed by atoms with Crippen molar-refractivity contribution in [1.29, 1.82) is 0 Å². The summed E-state index contributed by atoms with van der Waals surface area (Å²) >= 11 is 0. The van der Waals surface area contributed by atoms with Crippen LogP contribution >= 0.6 is 0 Å². The van der Waals surface area contributed by atoms with Gasteiger partial charge in [0.1, 0.15) is 0 Å². The topological polar surface area (TPSA) is 75.4 Å². The molecule has 1 amide bonds. The third kappa shape index (κ3) is 3.87. The second-order valence-corrected chi connectivity index (χ2v) is 6.32. The summed E-state index contributed by atoms with van der Waals surface area (Å²) < 4.78 is 1.96. The molecule has 1 aliphatic carbocycles. The molecular weight excluding hydrogens is 282 g/mol. The molecule has 6 heteroatoms. The summed E-state index contributed by atoms with van der Waals surface area (Å²) in [5, 5.41) is 13.2. The molecule has 1 saturated carbocycles. The number of carboxylic acid groups (broad SMARTS) is 1. The zero-order chi connectivity index (χ0) is 16.3. The van der Waals surface area contributed by atoms with Crippen molar-refractivity contribution in [2.24, 2.45) is 5.92 Å². The van der Waals surface area contributed by atoms with E-state index in [1.54, 1.807) is 11.1 Å². The number of rotatable bonds is 8. The Balaban J connectivity index is 2.21. The second-order valence-electron chi connectivity index (χ2n) is 6.32. The van der Waals surface area contributed by atoms with Gasteiger partial charge in [-0.05, 0) is 25.7 Å². The molecule has 1 fully saturated rings. The third-order valence-corrected chi connectivity index (χ3v) is 3.88. The smallest absolute Gasteiger partial charge is 0.305 e. The first-order valence-electron chi connectivity index (χ1n) is 8.00. The molecule has 1 aromatic rings. The summed E-state index contributed by atoms with van der Waals surface area (Å²) in [6.45, 7) is 7.68. The van der Waals surface area contributed by atoms with Gasteiger partial charge in [0, 0.05) is 25.6 Å². The van der Waals surface area contributed by atoms with Crippen LogP contribution in [0, 0.1) is 5.92 Å². The highest BCUT2D eigenvalue weighted by Crippen LogP contribution is 2.42. The minimum absolute atomic E-state index is 0.0293. The molecule has 122 valence electrons. The van der Waals surface area contributed by atoms with Crippen LogP contribution in [0.2, 0.25) is 0 Å². The van der Waals surface area contributed by atoms with Crippen LogP contribution < -0.4 is 0 Å². The zero-order valence-corrected chi connectivity index (χ0v) is 13.6. The highest BCUT2D eigenvalue weighted by molar-refractivity contribution is 5.95. The standard InChI is InChI=1S/C16H25N3O3/c1-4-18(8-7-14(20)21)16(22)13-9-17-19(10-11(2)3)15(13)12-5-6-12/h9,11-12H,4-8,10H2,1-3H3,(H,20,21). The number of hydrogen-bond donors (Lipinski definition) is 1. The molecule has 0 radical (unpaired) electrons. The number of aliphatic carboxylic acids is 1. The van der Waals surface area contributed by atoms with Gasteiger partial charge < -0.3 is 10.0 Å². The van der Waals surface area contributed by atoms with E-state index in [1.807, 2.05) is 11.6 Å². The van der Waals surface area contributed by atoms with Crippen molar-refractivity contribution in [3.8, 4) is 0 Å². The van der Waals surface area contributed by atoms with Gasteiger partial charge in [-0.2, -0.15) is 5.10 Å². The molecule has 0 atom stereocenters. The van der Waals surface area contributed by atoms with Crippen molar-refractivity contribution in [3.63, 3.8) is 0 Å². The number of amides is 1. The van der Waals surface area contributed by atoms with Gasteiger partial charge >= 0.3 is 5.97 Å². The molecule has 1 aliphatic rings. The normalized spacial score (nSPS) is 14.4. The van der Waals surface area contributed by atoms with Crippen LogP contribution in [0.4, 0.5) is 0 Å².